The molecule has 2 aromatic rings. The Hall–Kier alpha value is -2.28. The van der Waals surface area contributed by atoms with E-state index in [9.17, 15) is 4.79 Å². The first-order valence-corrected chi connectivity index (χ1v) is 8.36. The summed E-state index contributed by atoms with van der Waals surface area (Å²) in [6, 6.07) is 0.0534. The number of hydrogen-bond acceptors (Lipinski definition) is 5. The summed E-state index contributed by atoms with van der Waals surface area (Å²) < 4.78 is 7.36. The quantitative estimate of drug-likeness (QED) is 0.831. The van der Waals surface area contributed by atoms with E-state index in [2.05, 4.69) is 15.1 Å². The highest BCUT2D eigenvalue weighted by atomic mass is 16.5. The van der Waals surface area contributed by atoms with Gasteiger partial charge in [0.25, 0.3) is 5.91 Å². The third-order valence-corrected chi connectivity index (χ3v) is 4.39. The molecule has 1 atom stereocenters. The first kappa shape index (κ1) is 16.6. The molecular weight excluding hydrogens is 306 g/mol. The molecule has 0 saturated carbocycles. The van der Waals surface area contributed by atoms with Gasteiger partial charge in [-0.15, -0.1) is 0 Å². The van der Waals surface area contributed by atoms with Gasteiger partial charge in [0.05, 0.1) is 42.4 Å². The molecule has 128 valence electrons. The van der Waals surface area contributed by atoms with Crippen molar-refractivity contribution in [3.8, 4) is 0 Å². The van der Waals surface area contributed by atoms with Crippen LogP contribution < -0.4 is 0 Å². The smallest absolute Gasteiger partial charge is 0.257 e. The number of rotatable bonds is 5. The molecule has 3 heterocycles. The van der Waals surface area contributed by atoms with Crippen molar-refractivity contribution in [3.05, 3.63) is 41.7 Å². The first-order chi connectivity index (χ1) is 11.7. The van der Waals surface area contributed by atoms with E-state index >= 15 is 0 Å². The average molecular weight is 329 g/mol. The fourth-order valence-electron chi connectivity index (χ4n) is 2.96. The Labute approximate surface area is 141 Å². The largest absolute Gasteiger partial charge is 0.377 e. The van der Waals surface area contributed by atoms with Gasteiger partial charge in [-0.3, -0.25) is 19.4 Å². The van der Waals surface area contributed by atoms with Crippen LogP contribution in [0.1, 0.15) is 35.1 Å². The minimum Gasteiger partial charge on any atom is -0.377 e. The molecule has 1 unspecified atom stereocenters. The monoisotopic (exact) mass is 329 g/mol. The molecule has 1 aliphatic heterocycles. The second-order valence-electron chi connectivity index (χ2n) is 5.94. The molecule has 0 aliphatic carbocycles. The van der Waals surface area contributed by atoms with Crippen LogP contribution in [-0.2, 0) is 17.7 Å². The van der Waals surface area contributed by atoms with Gasteiger partial charge >= 0.3 is 0 Å². The van der Waals surface area contributed by atoms with Gasteiger partial charge < -0.3 is 9.64 Å². The second kappa shape index (κ2) is 7.53. The topological polar surface area (TPSA) is 73.1 Å². The molecule has 1 fully saturated rings. The summed E-state index contributed by atoms with van der Waals surface area (Å²) in [7, 11) is 0. The molecule has 0 bridgehead atoms. The van der Waals surface area contributed by atoms with E-state index in [-0.39, 0.29) is 11.9 Å². The highest BCUT2D eigenvalue weighted by Gasteiger charge is 2.28. The highest BCUT2D eigenvalue weighted by molar-refractivity contribution is 5.94. The van der Waals surface area contributed by atoms with Gasteiger partial charge in [0.2, 0.25) is 0 Å². The van der Waals surface area contributed by atoms with Crippen LogP contribution in [0.2, 0.25) is 0 Å². The second-order valence-corrected chi connectivity index (χ2v) is 5.94. The number of morpholine rings is 1. The Morgan fingerprint density at radius 3 is 2.96 bits per heavy atom. The number of carbonyl (C=O) groups excluding carboxylic acids is 1. The normalized spacial score (nSPS) is 17.9. The van der Waals surface area contributed by atoms with E-state index in [1.807, 2.05) is 24.9 Å². The minimum atomic E-state index is 0.0267. The molecule has 1 aliphatic rings. The van der Waals surface area contributed by atoms with Crippen LogP contribution in [0.25, 0.3) is 0 Å². The lowest BCUT2D eigenvalue weighted by Crippen LogP contribution is -2.48. The molecule has 7 heteroatoms. The molecular formula is C17H23N5O2. The number of nitrogens with zero attached hydrogens (tertiary/aromatic N) is 5. The van der Waals surface area contributed by atoms with Crippen LogP contribution in [0, 0.1) is 6.92 Å². The maximum absolute atomic E-state index is 12.8. The van der Waals surface area contributed by atoms with Crippen LogP contribution in [0.5, 0.6) is 0 Å². The molecule has 24 heavy (non-hydrogen) atoms. The summed E-state index contributed by atoms with van der Waals surface area (Å²) in [5.74, 6) is 0.0267. The van der Waals surface area contributed by atoms with Crippen LogP contribution in [0.4, 0.5) is 0 Å². The lowest BCUT2D eigenvalue weighted by Gasteiger charge is -2.35. The number of hydrogen-bond donors (Lipinski definition) is 0. The van der Waals surface area contributed by atoms with Crippen molar-refractivity contribution in [3.63, 3.8) is 0 Å². The zero-order valence-electron chi connectivity index (χ0n) is 14.2. The lowest BCUT2D eigenvalue weighted by molar-refractivity contribution is -0.00414. The van der Waals surface area contributed by atoms with Gasteiger partial charge in [-0.2, -0.15) is 5.10 Å². The third-order valence-electron chi connectivity index (χ3n) is 4.39. The lowest BCUT2D eigenvalue weighted by atomic mass is 10.1. The molecule has 3 rings (SSSR count). The van der Waals surface area contributed by atoms with Crippen LogP contribution in [-0.4, -0.2) is 56.4 Å². The van der Waals surface area contributed by atoms with Gasteiger partial charge in [-0.1, -0.05) is 0 Å². The van der Waals surface area contributed by atoms with Crippen molar-refractivity contribution < 1.29 is 9.53 Å². The molecule has 0 aromatic carbocycles. The van der Waals surface area contributed by atoms with E-state index in [0.717, 1.165) is 30.8 Å². The summed E-state index contributed by atoms with van der Waals surface area (Å²) in [6.45, 7) is 6.47. The number of amides is 1. The van der Waals surface area contributed by atoms with Crippen molar-refractivity contribution in [2.45, 2.75) is 39.3 Å². The third kappa shape index (κ3) is 3.62. The molecule has 2 aromatic heterocycles. The number of ether oxygens (including phenoxy) is 1. The number of carbonyl (C=O) groups is 1. The van der Waals surface area contributed by atoms with Gasteiger partial charge in [0.15, 0.2) is 0 Å². The Bertz CT molecular complexity index is 700. The predicted molar refractivity (Wildman–Crippen MR) is 88.6 cm³/mol. The van der Waals surface area contributed by atoms with Crippen molar-refractivity contribution in [1.82, 2.24) is 24.6 Å². The van der Waals surface area contributed by atoms with E-state index < -0.39 is 0 Å². The standard InChI is InChI=1S/C17H23N5O2/c1-3-21-11-14(10-20-21)17(23)22-8-9-24-12-15(22)4-5-16-13(2)18-6-7-19-16/h6-7,10-11,15H,3-5,8-9,12H2,1-2H3. The van der Waals surface area contributed by atoms with Crippen molar-refractivity contribution in [2.75, 3.05) is 19.8 Å². The Morgan fingerprint density at radius 1 is 1.38 bits per heavy atom. The highest BCUT2D eigenvalue weighted by Crippen LogP contribution is 2.17. The van der Waals surface area contributed by atoms with Gasteiger partial charge in [-0.25, -0.2) is 0 Å². The summed E-state index contributed by atoms with van der Waals surface area (Å²) in [6.07, 6.45) is 8.46. The molecule has 0 radical (unpaired) electrons. The summed E-state index contributed by atoms with van der Waals surface area (Å²) in [4.78, 5) is 23.4. The summed E-state index contributed by atoms with van der Waals surface area (Å²) in [5, 5.41) is 4.20. The van der Waals surface area contributed by atoms with Gasteiger partial charge in [0.1, 0.15) is 0 Å². The molecule has 0 N–H and O–H groups in total. The van der Waals surface area contributed by atoms with E-state index in [1.54, 1.807) is 23.3 Å². The Balaban J connectivity index is 1.69. The molecule has 0 spiro atoms. The summed E-state index contributed by atoms with van der Waals surface area (Å²) in [5.41, 5.74) is 2.56. The Kier molecular flexibility index (Phi) is 5.20. The average Bonchev–Trinajstić information content (AvgIpc) is 3.10. The fourth-order valence-corrected chi connectivity index (χ4v) is 2.96. The maximum atomic E-state index is 12.8. The van der Waals surface area contributed by atoms with Crippen LogP contribution in [0.3, 0.4) is 0 Å². The van der Waals surface area contributed by atoms with E-state index in [1.165, 1.54) is 0 Å². The minimum absolute atomic E-state index is 0.0267. The summed E-state index contributed by atoms with van der Waals surface area (Å²) >= 11 is 0. The molecule has 1 amide bonds. The zero-order chi connectivity index (χ0) is 16.9. The van der Waals surface area contributed by atoms with Gasteiger partial charge in [-0.05, 0) is 26.7 Å². The Morgan fingerprint density at radius 2 is 2.21 bits per heavy atom. The van der Waals surface area contributed by atoms with Crippen molar-refractivity contribution in [1.29, 1.82) is 0 Å². The fraction of sp³-hybridized carbons (Fsp3) is 0.529. The van der Waals surface area contributed by atoms with E-state index in [0.29, 0.717) is 25.3 Å². The maximum Gasteiger partial charge on any atom is 0.257 e. The molecule has 7 nitrogen and oxygen atoms in total. The van der Waals surface area contributed by atoms with Crippen molar-refractivity contribution in [2.24, 2.45) is 0 Å². The van der Waals surface area contributed by atoms with Crippen molar-refractivity contribution >= 4 is 5.91 Å². The number of aromatic nitrogens is 4. The van der Waals surface area contributed by atoms with E-state index in [4.69, 9.17) is 4.74 Å². The van der Waals surface area contributed by atoms with Crippen LogP contribution in [0.15, 0.2) is 24.8 Å². The first-order valence-electron chi connectivity index (χ1n) is 8.36. The zero-order valence-corrected chi connectivity index (χ0v) is 14.2. The number of aryl methyl sites for hydroxylation is 3. The SMILES string of the molecule is CCn1cc(C(=O)N2CCOCC2CCc2nccnc2C)cn1. The predicted octanol–water partition coefficient (Wildman–Crippen LogP) is 1.48. The van der Waals surface area contributed by atoms with Crippen LogP contribution >= 0.6 is 0 Å². The van der Waals surface area contributed by atoms with Gasteiger partial charge in [0, 0.05) is 31.7 Å². The molecule has 1 saturated heterocycles.